The van der Waals surface area contributed by atoms with Crippen molar-refractivity contribution in [1.29, 1.82) is 0 Å². The maximum absolute atomic E-state index is 12.1. The Morgan fingerprint density at radius 1 is 1.29 bits per heavy atom. The molecular weight excluding hydrogens is 328 g/mol. The number of carbonyl (C=O) groups excluding carboxylic acids is 3. The maximum atomic E-state index is 12.1. The molecule has 2 aromatic rings. The van der Waals surface area contributed by atoms with Crippen LogP contribution in [-0.4, -0.2) is 29.0 Å². The predicted molar refractivity (Wildman–Crippen MR) is 89.1 cm³/mol. The van der Waals surface area contributed by atoms with Gasteiger partial charge < -0.3 is 9.30 Å². The molecule has 1 N–H and O–H groups in total. The van der Waals surface area contributed by atoms with E-state index in [0.29, 0.717) is 10.6 Å². The second kappa shape index (κ2) is 7.00. The quantitative estimate of drug-likeness (QED) is 0.860. The largest absolute Gasteiger partial charge is 0.451 e. The third kappa shape index (κ3) is 3.56. The first-order valence-electron chi connectivity index (χ1n) is 7.79. The Morgan fingerprint density at radius 3 is 2.79 bits per heavy atom. The Bertz CT molecular complexity index is 767. The first kappa shape index (κ1) is 16.4. The van der Waals surface area contributed by atoms with Gasteiger partial charge in [0.05, 0.1) is 0 Å². The molecule has 0 saturated carbocycles. The van der Waals surface area contributed by atoms with E-state index in [-0.39, 0.29) is 0 Å². The smallest absolute Gasteiger partial charge is 0.348 e. The molecule has 0 radical (unpaired) electrons. The zero-order chi connectivity index (χ0) is 17.1. The number of imide groups is 1. The van der Waals surface area contributed by atoms with Crippen LogP contribution in [-0.2, 0) is 29.4 Å². The van der Waals surface area contributed by atoms with Crippen molar-refractivity contribution in [2.75, 3.05) is 6.61 Å². The van der Waals surface area contributed by atoms with Crippen molar-refractivity contribution in [1.82, 2.24) is 9.88 Å². The second-order valence-electron chi connectivity index (χ2n) is 5.72. The number of hydrogen-bond acceptors (Lipinski definition) is 5. The van der Waals surface area contributed by atoms with Crippen LogP contribution in [0.3, 0.4) is 0 Å². The van der Waals surface area contributed by atoms with Gasteiger partial charge in [0, 0.05) is 18.1 Å². The van der Waals surface area contributed by atoms with Crippen LogP contribution in [0.5, 0.6) is 0 Å². The first-order chi connectivity index (χ1) is 11.5. The van der Waals surface area contributed by atoms with E-state index < -0.39 is 24.4 Å². The minimum atomic E-state index is -0.643. The molecule has 2 aromatic heterocycles. The Balaban J connectivity index is 1.52. The number of aromatic nitrogens is 1. The van der Waals surface area contributed by atoms with E-state index >= 15 is 0 Å². The summed E-state index contributed by atoms with van der Waals surface area (Å²) < 4.78 is 6.62. The number of ether oxygens (including phenoxy) is 1. The molecule has 0 spiro atoms. The lowest BCUT2D eigenvalue weighted by atomic mass is 9.99. The third-order valence-corrected chi connectivity index (χ3v) is 5.18. The number of aryl methyl sites for hydroxylation is 3. The first-order valence-corrected chi connectivity index (χ1v) is 8.60. The summed E-state index contributed by atoms with van der Waals surface area (Å²) in [6, 6.07) is 5.16. The number of hydrogen-bond donors (Lipinski definition) is 1. The summed E-state index contributed by atoms with van der Waals surface area (Å²) in [5, 5.41) is 2.21. The normalized spacial score (nSPS) is 13.2. The van der Waals surface area contributed by atoms with E-state index in [1.165, 1.54) is 21.8 Å². The Kier molecular flexibility index (Phi) is 4.80. The summed E-state index contributed by atoms with van der Waals surface area (Å²) in [4.78, 5) is 37.5. The molecule has 7 heteroatoms. The zero-order valence-corrected chi connectivity index (χ0v) is 14.1. The van der Waals surface area contributed by atoms with E-state index in [1.807, 2.05) is 6.07 Å². The standard InChI is InChI=1S/C17H18N2O4S/c1-19-8-4-6-12(19)16(21)18-15(20)10-23-17(22)14-9-11-5-2-3-7-13(11)24-14/h4,6,8-9H,2-3,5,7,10H2,1H3,(H,18,20,21). The molecule has 2 heterocycles. The molecule has 0 bridgehead atoms. The highest BCUT2D eigenvalue weighted by molar-refractivity contribution is 7.14. The van der Waals surface area contributed by atoms with E-state index in [4.69, 9.17) is 4.74 Å². The molecule has 0 unspecified atom stereocenters. The van der Waals surface area contributed by atoms with Crippen molar-refractivity contribution in [3.63, 3.8) is 0 Å². The molecule has 1 aliphatic rings. The highest BCUT2D eigenvalue weighted by Gasteiger charge is 2.19. The Hall–Kier alpha value is -2.41. The van der Waals surface area contributed by atoms with Crippen LogP contribution in [0.2, 0.25) is 0 Å². The van der Waals surface area contributed by atoms with E-state index in [1.54, 1.807) is 29.9 Å². The molecule has 0 aromatic carbocycles. The summed E-state index contributed by atoms with van der Waals surface area (Å²) in [7, 11) is 1.71. The van der Waals surface area contributed by atoms with E-state index in [2.05, 4.69) is 5.32 Å². The highest BCUT2D eigenvalue weighted by Crippen LogP contribution is 2.29. The number of thiophene rings is 1. The van der Waals surface area contributed by atoms with Crippen LogP contribution in [0.15, 0.2) is 24.4 Å². The van der Waals surface area contributed by atoms with Gasteiger partial charge in [0.2, 0.25) is 0 Å². The number of nitrogens with zero attached hydrogens (tertiary/aromatic N) is 1. The Labute approximate surface area is 143 Å². The summed E-state index contributed by atoms with van der Waals surface area (Å²) in [6.07, 6.45) is 5.98. The second-order valence-corrected chi connectivity index (χ2v) is 6.86. The summed E-state index contributed by atoms with van der Waals surface area (Å²) in [6.45, 7) is -0.475. The van der Waals surface area contributed by atoms with Crippen molar-refractivity contribution >= 4 is 29.1 Å². The molecule has 126 valence electrons. The maximum Gasteiger partial charge on any atom is 0.348 e. The Morgan fingerprint density at radius 2 is 2.08 bits per heavy atom. The minimum Gasteiger partial charge on any atom is -0.451 e. The number of carbonyl (C=O) groups is 3. The molecule has 24 heavy (non-hydrogen) atoms. The number of nitrogens with one attached hydrogen (secondary N) is 1. The lowest BCUT2D eigenvalue weighted by Crippen LogP contribution is -2.35. The molecule has 6 nitrogen and oxygen atoms in total. The van der Waals surface area contributed by atoms with Gasteiger partial charge in [-0.25, -0.2) is 4.79 Å². The van der Waals surface area contributed by atoms with Crippen molar-refractivity contribution in [2.45, 2.75) is 25.7 Å². The monoisotopic (exact) mass is 346 g/mol. The number of fused-ring (bicyclic) bond motifs is 1. The summed E-state index contributed by atoms with van der Waals surface area (Å²) in [5.41, 5.74) is 1.57. The van der Waals surface area contributed by atoms with Crippen LogP contribution in [0.4, 0.5) is 0 Å². The lowest BCUT2D eigenvalue weighted by molar-refractivity contribution is -0.123. The number of amides is 2. The van der Waals surface area contributed by atoms with Gasteiger partial charge >= 0.3 is 5.97 Å². The molecule has 0 atom stereocenters. The van der Waals surface area contributed by atoms with Gasteiger partial charge in [-0.05, 0) is 49.4 Å². The fourth-order valence-electron chi connectivity index (χ4n) is 2.72. The van der Waals surface area contributed by atoms with Gasteiger partial charge in [-0.2, -0.15) is 0 Å². The van der Waals surface area contributed by atoms with Crippen molar-refractivity contribution in [3.05, 3.63) is 45.4 Å². The van der Waals surface area contributed by atoms with Crippen molar-refractivity contribution in [3.8, 4) is 0 Å². The van der Waals surface area contributed by atoms with Crippen LogP contribution in [0.25, 0.3) is 0 Å². The SMILES string of the molecule is Cn1cccc1C(=O)NC(=O)COC(=O)c1cc2c(s1)CCCC2. The highest BCUT2D eigenvalue weighted by atomic mass is 32.1. The van der Waals surface area contributed by atoms with Crippen molar-refractivity contribution in [2.24, 2.45) is 7.05 Å². The average molecular weight is 346 g/mol. The lowest BCUT2D eigenvalue weighted by Gasteiger charge is -2.08. The molecule has 0 saturated heterocycles. The summed E-state index contributed by atoms with van der Waals surface area (Å²) >= 11 is 1.43. The van der Waals surface area contributed by atoms with E-state index in [0.717, 1.165) is 25.7 Å². The zero-order valence-electron chi connectivity index (χ0n) is 13.3. The molecular formula is C17H18N2O4S. The molecule has 0 aliphatic heterocycles. The van der Waals surface area contributed by atoms with Crippen LogP contribution in [0.1, 0.15) is 43.4 Å². The minimum absolute atomic E-state index is 0.362. The van der Waals surface area contributed by atoms with Gasteiger partial charge in [0.25, 0.3) is 11.8 Å². The molecule has 1 aliphatic carbocycles. The van der Waals surface area contributed by atoms with Gasteiger partial charge in [-0.3, -0.25) is 14.9 Å². The molecule has 3 rings (SSSR count). The number of rotatable bonds is 4. The van der Waals surface area contributed by atoms with Gasteiger partial charge in [0.15, 0.2) is 6.61 Å². The topological polar surface area (TPSA) is 77.4 Å². The van der Waals surface area contributed by atoms with Crippen LogP contribution >= 0.6 is 11.3 Å². The van der Waals surface area contributed by atoms with E-state index in [9.17, 15) is 14.4 Å². The van der Waals surface area contributed by atoms with Gasteiger partial charge in [0.1, 0.15) is 10.6 Å². The predicted octanol–water partition coefficient (Wildman–Crippen LogP) is 2.08. The van der Waals surface area contributed by atoms with Crippen LogP contribution < -0.4 is 5.32 Å². The number of esters is 1. The van der Waals surface area contributed by atoms with Crippen molar-refractivity contribution < 1.29 is 19.1 Å². The molecule has 2 amide bonds. The fourth-order valence-corrected chi connectivity index (χ4v) is 3.86. The van der Waals surface area contributed by atoms with Gasteiger partial charge in [-0.15, -0.1) is 11.3 Å². The molecule has 0 fully saturated rings. The third-order valence-electron chi connectivity index (χ3n) is 3.96. The van der Waals surface area contributed by atoms with Crippen LogP contribution in [0, 0.1) is 0 Å². The fraction of sp³-hybridized carbons (Fsp3) is 0.353. The average Bonchev–Trinajstić information content (AvgIpc) is 3.18. The summed E-state index contributed by atoms with van der Waals surface area (Å²) in [5.74, 6) is -1.68. The van der Waals surface area contributed by atoms with Gasteiger partial charge in [-0.1, -0.05) is 0 Å².